The Morgan fingerprint density at radius 1 is 1.14 bits per heavy atom. The van der Waals surface area contributed by atoms with E-state index < -0.39 is 5.97 Å². The van der Waals surface area contributed by atoms with Crippen LogP contribution in [0.4, 0.5) is 5.69 Å². The van der Waals surface area contributed by atoms with Crippen molar-refractivity contribution in [2.75, 3.05) is 38.2 Å². The van der Waals surface area contributed by atoms with Crippen molar-refractivity contribution >= 4 is 17.4 Å². The van der Waals surface area contributed by atoms with E-state index in [2.05, 4.69) is 14.8 Å². The number of nitrogens with one attached hydrogen (secondary N) is 1. The van der Waals surface area contributed by atoms with Crippen molar-refractivity contribution < 1.29 is 19.4 Å². The van der Waals surface area contributed by atoms with Crippen LogP contribution in [-0.4, -0.2) is 66.1 Å². The third-order valence-corrected chi connectivity index (χ3v) is 5.54. The minimum Gasteiger partial charge on any atom is -0.506 e. The average molecular weight is 385 g/mol. The molecule has 1 atom stereocenters. The maximum atomic E-state index is 13.1. The fourth-order valence-electron chi connectivity index (χ4n) is 3.86. The summed E-state index contributed by atoms with van der Waals surface area (Å²) in [7, 11) is 1.34. The summed E-state index contributed by atoms with van der Waals surface area (Å²) >= 11 is 0. The van der Waals surface area contributed by atoms with E-state index in [1.807, 2.05) is 19.1 Å². The molecule has 1 aliphatic rings. The van der Waals surface area contributed by atoms with E-state index in [-0.39, 0.29) is 17.6 Å². The first kappa shape index (κ1) is 19.9. The number of benzene rings is 1. The van der Waals surface area contributed by atoms with Crippen molar-refractivity contribution in [3.05, 3.63) is 46.8 Å². The summed E-state index contributed by atoms with van der Waals surface area (Å²) in [5.41, 5.74) is 2.99. The number of aromatic nitrogens is 1. The number of rotatable bonds is 5. The molecule has 2 aromatic rings. The van der Waals surface area contributed by atoms with Crippen LogP contribution < -0.4 is 4.90 Å². The molecule has 28 heavy (non-hydrogen) atoms. The summed E-state index contributed by atoms with van der Waals surface area (Å²) in [6.07, 6.45) is 0. The van der Waals surface area contributed by atoms with Gasteiger partial charge < -0.3 is 19.7 Å². The molecule has 1 aromatic carbocycles. The van der Waals surface area contributed by atoms with Crippen molar-refractivity contribution in [3.63, 3.8) is 0 Å². The summed E-state index contributed by atoms with van der Waals surface area (Å²) in [6, 6.07) is 6.98. The molecule has 1 fully saturated rings. The molecular formula is C21H27N3O4. The number of esters is 1. The number of carbonyl (C=O) groups is 2. The zero-order valence-corrected chi connectivity index (χ0v) is 16.8. The molecule has 0 aliphatic carbocycles. The van der Waals surface area contributed by atoms with Crippen LogP contribution in [0.5, 0.6) is 5.75 Å². The Morgan fingerprint density at radius 3 is 2.39 bits per heavy atom. The number of phenolic OH excluding ortho intramolecular Hbond substituents is 1. The lowest BCUT2D eigenvalue weighted by Crippen LogP contribution is -2.51. The van der Waals surface area contributed by atoms with Crippen LogP contribution in [0, 0.1) is 13.8 Å². The number of hydrogen-bond acceptors (Lipinski definition) is 6. The van der Waals surface area contributed by atoms with Gasteiger partial charge in [-0.1, -0.05) is 12.1 Å². The molecule has 0 radical (unpaired) electrons. The summed E-state index contributed by atoms with van der Waals surface area (Å²) in [6.45, 7) is 8.31. The van der Waals surface area contributed by atoms with Gasteiger partial charge in [0.1, 0.15) is 5.75 Å². The fraction of sp³-hybridized carbons (Fsp3) is 0.429. The number of aryl methyl sites for hydroxylation is 1. The zero-order valence-electron chi connectivity index (χ0n) is 16.8. The number of H-pyrrole nitrogens is 1. The monoisotopic (exact) mass is 385 g/mol. The van der Waals surface area contributed by atoms with Crippen LogP contribution in [-0.2, 0) is 4.74 Å². The molecule has 2 N–H and O–H groups in total. The number of piperazine rings is 1. The molecule has 0 unspecified atom stereocenters. The van der Waals surface area contributed by atoms with Crippen LogP contribution in [0.2, 0.25) is 0 Å². The number of ketones is 1. The number of anilines is 1. The van der Waals surface area contributed by atoms with Gasteiger partial charge in [-0.25, -0.2) is 4.79 Å². The van der Waals surface area contributed by atoms with Gasteiger partial charge in [-0.3, -0.25) is 9.69 Å². The standard InChI is InChI=1S/C21H27N3O4/c1-13-18(21(27)28-4)14(2)22-19(13)20(26)15(3)23-9-11-24(12-10-23)16-7-5-6-8-17(16)25/h5-8,15,22,25H,9-12H2,1-4H3/t15-/m1/s1. The van der Waals surface area contributed by atoms with Crippen molar-refractivity contribution in [1.82, 2.24) is 9.88 Å². The normalized spacial score (nSPS) is 16.1. The van der Waals surface area contributed by atoms with E-state index in [4.69, 9.17) is 4.74 Å². The van der Waals surface area contributed by atoms with Gasteiger partial charge in [0.05, 0.1) is 30.1 Å². The van der Waals surface area contributed by atoms with Crippen molar-refractivity contribution in [3.8, 4) is 5.75 Å². The second-order valence-corrected chi connectivity index (χ2v) is 7.17. The topological polar surface area (TPSA) is 85.9 Å². The summed E-state index contributed by atoms with van der Waals surface area (Å²) in [5.74, 6) is -0.200. The van der Waals surface area contributed by atoms with E-state index in [0.29, 0.717) is 35.6 Å². The Labute approximate surface area is 164 Å². The van der Waals surface area contributed by atoms with Gasteiger partial charge in [0.2, 0.25) is 0 Å². The van der Waals surface area contributed by atoms with E-state index in [1.54, 1.807) is 26.0 Å². The predicted molar refractivity (Wildman–Crippen MR) is 107 cm³/mol. The molecule has 7 heteroatoms. The minimum atomic E-state index is -0.436. The molecule has 3 rings (SSSR count). The van der Waals surface area contributed by atoms with Gasteiger partial charge in [0, 0.05) is 31.9 Å². The number of Topliss-reactive ketones (excluding diaryl/α,β-unsaturated/α-hetero) is 1. The van der Waals surface area contributed by atoms with E-state index in [0.717, 1.165) is 18.8 Å². The van der Waals surface area contributed by atoms with Crippen molar-refractivity contribution in [1.29, 1.82) is 0 Å². The summed E-state index contributed by atoms with van der Waals surface area (Å²) in [4.78, 5) is 32.4. The lowest BCUT2D eigenvalue weighted by Gasteiger charge is -2.38. The largest absolute Gasteiger partial charge is 0.506 e. The Hall–Kier alpha value is -2.80. The molecular weight excluding hydrogens is 358 g/mol. The first-order valence-corrected chi connectivity index (χ1v) is 9.43. The van der Waals surface area contributed by atoms with E-state index >= 15 is 0 Å². The molecule has 0 spiro atoms. The number of hydrogen-bond donors (Lipinski definition) is 2. The minimum absolute atomic E-state index is 0.0354. The molecule has 0 bridgehead atoms. The van der Waals surface area contributed by atoms with Crippen LogP contribution in [0.1, 0.15) is 39.0 Å². The molecule has 150 valence electrons. The predicted octanol–water partition coefficient (Wildman–Crippen LogP) is 2.52. The Bertz CT molecular complexity index is 882. The number of aromatic hydroxyl groups is 1. The van der Waals surface area contributed by atoms with Gasteiger partial charge in [-0.15, -0.1) is 0 Å². The highest BCUT2D eigenvalue weighted by Gasteiger charge is 2.30. The lowest BCUT2D eigenvalue weighted by molar-refractivity contribution is 0.0599. The molecule has 7 nitrogen and oxygen atoms in total. The quantitative estimate of drug-likeness (QED) is 0.608. The lowest BCUT2D eigenvalue weighted by atomic mass is 10.0. The van der Waals surface area contributed by atoms with E-state index in [1.165, 1.54) is 7.11 Å². The fourth-order valence-corrected chi connectivity index (χ4v) is 3.86. The van der Waals surface area contributed by atoms with Crippen LogP contribution in [0.15, 0.2) is 24.3 Å². The maximum absolute atomic E-state index is 13.1. The van der Waals surface area contributed by atoms with Gasteiger partial charge in [-0.2, -0.15) is 0 Å². The first-order chi connectivity index (χ1) is 13.3. The smallest absolute Gasteiger partial charge is 0.339 e. The number of carbonyl (C=O) groups excluding carboxylic acids is 2. The molecule has 2 heterocycles. The van der Waals surface area contributed by atoms with Crippen LogP contribution in [0.3, 0.4) is 0 Å². The third kappa shape index (κ3) is 3.62. The molecule has 1 aromatic heterocycles. The maximum Gasteiger partial charge on any atom is 0.339 e. The number of nitrogens with zero attached hydrogens (tertiary/aromatic N) is 2. The summed E-state index contributed by atoms with van der Waals surface area (Å²) < 4.78 is 4.82. The first-order valence-electron chi connectivity index (χ1n) is 9.43. The Kier molecular flexibility index (Phi) is 5.74. The Balaban J connectivity index is 1.70. The summed E-state index contributed by atoms with van der Waals surface area (Å²) in [5, 5.41) is 10.0. The number of aromatic amines is 1. The van der Waals surface area contributed by atoms with Crippen molar-refractivity contribution in [2.24, 2.45) is 0 Å². The highest BCUT2D eigenvalue weighted by Crippen LogP contribution is 2.28. The van der Waals surface area contributed by atoms with Gasteiger partial charge in [0.15, 0.2) is 5.78 Å². The van der Waals surface area contributed by atoms with Gasteiger partial charge in [0.25, 0.3) is 0 Å². The molecule has 0 saturated carbocycles. The number of para-hydroxylation sites is 2. The molecule has 0 amide bonds. The van der Waals surface area contributed by atoms with Crippen LogP contribution >= 0.6 is 0 Å². The average Bonchev–Trinajstić information content (AvgIpc) is 3.01. The number of phenols is 1. The highest BCUT2D eigenvalue weighted by molar-refractivity contribution is 6.03. The zero-order chi connectivity index (χ0) is 20.4. The number of methoxy groups -OCH3 is 1. The second kappa shape index (κ2) is 8.06. The molecule has 1 aliphatic heterocycles. The van der Waals surface area contributed by atoms with E-state index in [9.17, 15) is 14.7 Å². The van der Waals surface area contributed by atoms with Gasteiger partial charge in [-0.05, 0) is 38.5 Å². The van der Waals surface area contributed by atoms with Crippen molar-refractivity contribution in [2.45, 2.75) is 26.8 Å². The molecule has 1 saturated heterocycles. The highest BCUT2D eigenvalue weighted by atomic mass is 16.5. The number of ether oxygens (including phenoxy) is 1. The SMILES string of the molecule is COC(=O)c1c(C)[nH]c(C(=O)[C@@H](C)N2CCN(c3ccccc3O)CC2)c1C. The second-order valence-electron chi connectivity index (χ2n) is 7.17. The van der Waals surface area contributed by atoms with Gasteiger partial charge >= 0.3 is 5.97 Å². The third-order valence-electron chi connectivity index (χ3n) is 5.54. The Morgan fingerprint density at radius 2 is 1.79 bits per heavy atom. The van der Waals surface area contributed by atoms with Crippen LogP contribution in [0.25, 0.3) is 0 Å².